The second-order valence-electron chi connectivity index (χ2n) is 4.32. The monoisotopic (exact) mass is 261 g/mol. The maximum atomic E-state index is 9.05. The predicted octanol–water partition coefficient (Wildman–Crippen LogP) is 2.95. The second-order valence-corrected chi connectivity index (χ2v) is 4.32. The molecule has 0 unspecified atom stereocenters. The number of nitrogens with one attached hydrogen (secondary N) is 1. The number of hydrogen-bond acceptors (Lipinski definition) is 5. The highest BCUT2D eigenvalue weighted by atomic mass is 15.0. The first-order valence-electron chi connectivity index (χ1n) is 6.12. The van der Waals surface area contributed by atoms with E-state index in [1.807, 2.05) is 43.3 Å². The summed E-state index contributed by atoms with van der Waals surface area (Å²) in [6.45, 7) is 1.94. The minimum absolute atomic E-state index is 0.261. The number of nitriles is 1. The number of para-hydroxylation sites is 1. The van der Waals surface area contributed by atoms with Gasteiger partial charge in [-0.25, -0.2) is 9.97 Å². The van der Waals surface area contributed by atoms with Gasteiger partial charge in [0, 0.05) is 23.5 Å². The van der Waals surface area contributed by atoms with Crippen molar-refractivity contribution in [1.29, 1.82) is 5.26 Å². The Bertz CT molecular complexity index is 820. The van der Waals surface area contributed by atoms with Crippen LogP contribution in [0.15, 0.2) is 42.7 Å². The van der Waals surface area contributed by atoms with Gasteiger partial charge in [-0.15, -0.1) is 0 Å². The van der Waals surface area contributed by atoms with Crippen LogP contribution in [0.5, 0.6) is 0 Å². The minimum atomic E-state index is 0.261. The van der Waals surface area contributed by atoms with Gasteiger partial charge in [-0.1, -0.05) is 18.2 Å². The number of fused-ring (bicyclic) bond motifs is 1. The molecule has 2 heterocycles. The maximum Gasteiger partial charge on any atom is 0.183 e. The zero-order valence-electron chi connectivity index (χ0n) is 10.8. The first-order valence-corrected chi connectivity index (χ1v) is 6.12. The summed E-state index contributed by atoms with van der Waals surface area (Å²) in [5.74, 6) is 0.436. The van der Waals surface area contributed by atoms with E-state index in [9.17, 15) is 0 Å². The average molecular weight is 261 g/mol. The third-order valence-electron chi connectivity index (χ3n) is 2.92. The fraction of sp³-hybridized carbons (Fsp3) is 0.0667. The van der Waals surface area contributed by atoms with Crippen LogP contribution < -0.4 is 5.32 Å². The molecule has 0 aliphatic heterocycles. The molecule has 1 aromatic carbocycles. The highest BCUT2D eigenvalue weighted by Gasteiger charge is 2.07. The van der Waals surface area contributed by atoms with Gasteiger partial charge in [0.1, 0.15) is 6.07 Å². The predicted molar refractivity (Wildman–Crippen MR) is 76.5 cm³/mol. The van der Waals surface area contributed by atoms with Crippen molar-refractivity contribution in [3.63, 3.8) is 0 Å². The lowest BCUT2D eigenvalue weighted by atomic mass is 10.1. The van der Waals surface area contributed by atoms with Crippen LogP contribution in [-0.2, 0) is 0 Å². The van der Waals surface area contributed by atoms with Gasteiger partial charge in [0.25, 0.3) is 0 Å². The second kappa shape index (κ2) is 4.94. The normalized spacial score (nSPS) is 10.2. The van der Waals surface area contributed by atoms with Crippen LogP contribution >= 0.6 is 0 Å². The Hall–Kier alpha value is -3.00. The number of hydrogen-bond donors (Lipinski definition) is 1. The summed E-state index contributed by atoms with van der Waals surface area (Å²) in [6, 6.07) is 11.8. The van der Waals surface area contributed by atoms with E-state index in [2.05, 4.69) is 20.3 Å². The van der Waals surface area contributed by atoms with Crippen molar-refractivity contribution < 1.29 is 0 Å². The smallest absolute Gasteiger partial charge is 0.183 e. The molecule has 3 aromatic rings. The van der Waals surface area contributed by atoms with Gasteiger partial charge in [-0.2, -0.15) is 5.26 Å². The fourth-order valence-electron chi connectivity index (χ4n) is 1.98. The van der Waals surface area contributed by atoms with Gasteiger partial charge in [0.05, 0.1) is 11.2 Å². The van der Waals surface area contributed by atoms with Gasteiger partial charge in [0.15, 0.2) is 11.5 Å². The summed E-state index contributed by atoms with van der Waals surface area (Å²) in [5.41, 5.74) is 2.86. The molecule has 0 fully saturated rings. The van der Waals surface area contributed by atoms with E-state index in [0.29, 0.717) is 5.82 Å². The van der Waals surface area contributed by atoms with Gasteiger partial charge in [-0.3, -0.25) is 4.98 Å². The molecule has 0 aliphatic carbocycles. The number of benzene rings is 1. The van der Waals surface area contributed by atoms with E-state index in [-0.39, 0.29) is 5.69 Å². The Morgan fingerprint density at radius 3 is 2.80 bits per heavy atom. The lowest BCUT2D eigenvalue weighted by Gasteiger charge is -2.09. The molecule has 0 radical (unpaired) electrons. The van der Waals surface area contributed by atoms with Gasteiger partial charge in [-0.05, 0) is 19.1 Å². The molecule has 0 spiro atoms. The molecule has 0 bridgehead atoms. The largest absolute Gasteiger partial charge is 0.336 e. The molecular weight excluding hydrogens is 250 g/mol. The van der Waals surface area contributed by atoms with Crippen molar-refractivity contribution >= 4 is 22.4 Å². The van der Waals surface area contributed by atoms with Crippen molar-refractivity contribution in [3.05, 3.63) is 54.1 Å². The number of aromatic nitrogens is 3. The van der Waals surface area contributed by atoms with Crippen molar-refractivity contribution in [1.82, 2.24) is 15.0 Å². The third-order valence-corrected chi connectivity index (χ3v) is 2.92. The zero-order chi connectivity index (χ0) is 13.9. The van der Waals surface area contributed by atoms with Crippen molar-refractivity contribution in [3.8, 4) is 6.07 Å². The summed E-state index contributed by atoms with van der Waals surface area (Å²) in [6.07, 6.45) is 3.04. The Morgan fingerprint density at radius 1 is 1.10 bits per heavy atom. The van der Waals surface area contributed by atoms with Crippen molar-refractivity contribution in [2.24, 2.45) is 0 Å². The SMILES string of the molecule is Cc1ccc2cccc(Nc3nccnc3C#N)c2n1. The lowest BCUT2D eigenvalue weighted by molar-refractivity contribution is 1.16. The molecule has 5 nitrogen and oxygen atoms in total. The standard InChI is InChI=1S/C15H11N5/c1-10-5-6-11-3-2-4-12(14(11)19-10)20-15-13(9-16)17-7-8-18-15/h2-8H,1H3,(H,18,20). The summed E-state index contributed by atoms with van der Waals surface area (Å²) in [5, 5.41) is 13.2. The number of aryl methyl sites for hydroxylation is 1. The van der Waals surface area contributed by atoms with Crippen LogP contribution in [0.2, 0.25) is 0 Å². The van der Waals surface area contributed by atoms with Gasteiger partial charge < -0.3 is 5.32 Å². The molecule has 0 saturated heterocycles. The molecule has 0 amide bonds. The van der Waals surface area contributed by atoms with Crippen LogP contribution in [0.1, 0.15) is 11.4 Å². The molecule has 20 heavy (non-hydrogen) atoms. The Labute approximate surface area is 116 Å². The quantitative estimate of drug-likeness (QED) is 0.767. The maximum absolute atomic E-state index is 9.05. The zero-order valence-corrected chi connectivity index (χ0v) is 10.8. The summed E-state index contributed by atoms with van der Waals surface area (Å²) in [7, 11) is 0. The molecule has 0 saturated carbocycles. The average Bonchev–Trinajstić information content (AvgIpc) is 2.48. The van der Waals surface area contributed by atoms with E-state index in [4.69, 9.17) is 5.26 Å². The number of rotatable bonds is 2. The van der Waals surface area contributed by atoms with Gasteiger partial charge >= 0.3 is 0 Å². The van der Waals surface area contributed by atoms with Crippen LogP contribution in [0.25, 0.3) is 10.9 Å². The first-order chi connectivity index (χ1) is 9.78. The summed E-state index contributed by atoms with van der Waals surface area (Å²) >= 11 is 0. The molecule has 2 aromatic heterocycles. The molecular formula is C15H11N5. The molecule has 0 aliphatic rings. The third kappa shape index (κ3) is 2.15. The lowest BCUT2D eigenvalue weighted by Crippen LogP contribution is -2.00. The highest BCUT2D eigenvalue weighted by molar-refractivity contribution is 5.92. The van der Waals surface area contributed by atoms with E-state index in [1.54, 1.807) is 6.20 Å². The Balaban J connectivity index is 2.11. The highest BCUT2D eigenvalue weighted by Crippen LogP contribution is 2.25. The molecule has 1 N–H and O–H groups in total. The van der Waals surface area contributed by atoms with E-state index < -0.39 is 0 Å². The topological polar surface area (TPSA) is 74.5 Å². The molecule has 0 atom stereocenters. The van der Waals surface area contributed by atoms with Crippen LogP contribution in [0.4, 0.5) is 11.5 Å². The Kier molecular flexibility index (Phi) is 2.98. The van der Waals surface area contributed by atoms with Crippen LogP contribution in [-0.4, -0.2) is 15.0 Å². The van der Waals surface area contributed by atoms with E-state index in [1.165, 1.54) is 6.20 Å². The van der Waals surface area contributed by atoms with Crippen molar-refractivity contribution in [2.75, 3.05) is 5.32 Å². The summed E-state index contributed by atoms with van der Waals surface area (Å²) < 4.78 is 0. The van der Waals surface area contributed by atoms with Gasteiger partial charge in [0.2, 0.25) is 0 Å². The number of anilines is 2. The fourth-order valence-corrected chi connectivity index (χ4v) is 1.98. The minimum Gasteiger partial charge on any atom is -0.336 e. The van der Waals surface area contributed by atoms with E-state index >= 15 is 0 Å². The molecule has 3 rings (SSSR count). The Morgan fingerprint density at radius 2 is 1.95 bits per heavy atom. The first kappa shape index (κ1) is 12.1. The number of pyridine rings is 1. The summed E-state index contributed by atoms with van der Waals surface area (Å²) in [4.78, 5) is 12.7. The van der Waals surface area contributed by atoms with Crippen LogP contribution in [0, 0.1) is 18.3 Å². The molecule has 5 heteroatoms. The van der Waals surface area contributed by atoms with Crippen LogP contribution in [0.3, 0.4) is 0 Å². The molecule has 96 valence electrons. The van der Waals surface area contributed by atoms with E-state index in [0.717, 1.165) is 22.3 Å². The number of nitrogens with zero attached hydrogens (tertiary/aromatic N) is 4. The van der Waals surface area contributed by atoms with Crippen molar-refractivity contribution in [2.45, 2.75) is 6.92 Å².